The molecule has 0 amide bonds. The monoisotopic (exact) mass is 308 g/mol. The van der Waals surface area contributed by atoms with E-state index in [-0.39, 0.29) is 0 Å². The molecule has 0 radical (unpaired) electrons. The Morgan fingerprint density at radius 3 is 2.74 bits per heavy atom. The maximum Gasteiger partial charge on any atom is 0.226 e. The van der Waals surface area contributed by atoms with Crippen LogP contribution in [0.3, 0.4) is 0 Å². The van der Waals surface area contributed by atoms with E-state index in [0.717, 1.165) is 18.1 Å². The number of anilines is 2. The van der Waals surface area contributed by atoms with Crippen molar-refractivity contribution in [3.63, 3.8) is 0 Å². The van der Waals surface area contributed by atoms with E-state index in [1.807, 2.05) is 42.0 Å². The summed E-state index contributed by atoms with van der Waals surface area (Å²) < 4.78 is 1.86. The average Bonchev–Trinajstić information content (AvgIpc) is 3.08. The molecule has 6 nitrogen and oxygen atoms in total. The number of aromatic nitrogens is 4. The van der Waals surface area contributed by atoms with E-state index in [2.05, 4.69) is 45.5 Å². The van der Waals surface area contributed by atoms with Gasteiger partial charge in [-0.3, -0.25) is 0 Å². The zero-order chi connectivity index (χ0) is 16.2. The second-order valence-electron chi connectivity index (χ2n) is 5.55. The van der Waals surface area contributed by atoms with Gasteiger partial charge in [-0.15, -0.1) is 0 Å². The predicted molar refractivity (Wildman–Crippen MR) is 92.0 cm³/mol. The summed E-state index contributed by atoms with van der Waals surface area (Å²) in [5.41, 5.74) is 3.51. The molecule has 0 saturated heterocycles. The summed E-state index contributed by atoms with van der Waals surface area (Å²) in [6.07, 6.45) is 5.48. The Labute approximate surface area is 135 Å². The molecule has 0 aliphatic rings. The number of rotatable bonds is 5. The maximum atomic E-state index is 4.46. The number of nitrogens with zero attached hydrogens (tertiary/aromatic N) is 5. The minimum atomic E-state index is 0.695. The molecule has 0 bridgehead atoms. The van der Waals surface area contributed by atoms with Crippen LogP contribution in [0.15, 0.2) is 48.9 Å². The normalized spacial score (nSPS) is 10.6. The highest BCUT2D eigenvalue weighted by atomic mass is 15.3. The lowest BCUT2D eigenvalue weighted by atomic mass is 10.1. The summed E-state index contributed by atoms with van der Waals surface area (Å²) in [5, 5.41) is 7.61. The molecule has 0 saturated carbocycles. The summed E-state index contributed by atoms with van der Waals surface area (Å²) >= 11 is 0. The van der Waals surface area contributed by atoms with Gasteiger partial charge in [-0.25, -0.2) is 9.67 Å². The van der Waals surface area contributed by atoms with Crippen molar-refractivity contribution in [3.8, 4) is 5.69 Å². The maximum absolute atomic E-state index is 4.46. The molecule has 1 aromatic carbocycles. The van der Waals surface area contributed by atoms with Gasteiger partial charge in [0.25, 0.3) is 0 Å². The Morgan fingerprint density at radius 2 is 2.04 bits per heavy atom. The third-order valence-electron chi connectivity index (χ3n) is 3.60. The Hall–Kier alpha value is -2.89. The molecule has 6 heteroatoms. The molecule has 0 aliphatic heterocycles. The van der Waals surface area contributed by atoms with Crippen molar-refractivity contribution in [1.82, 2.24) is 19.7 Å². The van der Waals surface area contributed by atoms with Crippen LogP contribution in [0.1, 0.15) is 11.1 Å². The molecule has 3 aromatic rings. The molecule has 2 aromatic heterocycles. The van der Waals surface area contributed by atoms with Crippen molar-refractivity contribution in [2.75, 3.05) is 24.3 Å². The van der Waals surface area contributed by atoms with Crippen LogP contribution in [0.4, 0.5) is 11.8 Å². The minimum Gasteiger partial charge on any atom is -0.366 e. The minimum absolute atomic E-state index is 0.695. The van der Waals surface area contributed by atoms with Crippen LogP contribution < -0.4 is 10.2 Å². The molecule has 118 valence electrons. The van der Waals surface area contributed by atoms with Crippen LogP contribution in [-0.4, -0.2) is 33.8 Å². The highest BCUT2D eigenvalue weighted by Crippen LogP contribution is 2.16. The first-order valence-corrected chi connectivity index (χ1v) is 7.47. The SMILES string of the molecule is Cc1cc(-n2cccn2)ccc1CNc1ccnc(N(C)C)n1. The number of hydrogen-bond donors (Lipinski definition) is 1. The van der Waals surface area contributed by atoms with Crippen LogP contribution in [-0.2, 0) is 6.54 Å². The number of hydrogen-bond acceptors (Lipinski definition) is 5. The smallest absolute Gasteiger partial charge is 0.226 e. The van der Waals surface area contributed by atoms with E-state index in [1.54, 1.807) is 12.4 Å². The van der Waals surface area contributed by atoms with Crippen LogP contribution in [0.25, 0.3) is 5.69 Å². The molecule has 0 spiro atoms. The van der Waals surface area contributed by atoms with Gasteiger partial charge < -0.3 is 10.2 Å². The third kappa shape index (κ3) is 3.48. The van der Waals surface area contributed by atoms with Gasteiger partial charge >= 0.3 is 0 Å². The molecule has 0 aliphatic carbocycles. The van der Waals surface area contributed by atoms with Gasteiger partial charge in [0.2, 0.25) is 5.95 Å². The van der Waals surface area contributed by atoms with Gasteiger partial charge in [0.1, 0.15) is 5.82 Å². The molecular weight excluding hydrogens is 288 g/mol. The lowest BCUT2D eigenvalue weighted by Crippen LogP contribution is -2.13. The first-order chi connectivity index (χ1) is 11.1. The van der Waals surface area contributed by atoms with Gasteiger partial charge in [-0.05, 0) is 42.3 Å². The van der Waals surface area contributed by atoms with Crippen LogP contribution in [0, 0.1) is 6.92 Å². The summed E-state index contributed by atoms with van der Waals surface area (Å²) in [4.78, 5) is 10.6. The van der Waals surface area contributed by atoms with Gasteiger partial charge in [0.05, 0.1) is 5.69 Å². The molecule has 0 unspecified atom stereocenters. The van der Waals surface area contributed by atoms with Crippen molar-refractivity contribution >= 4 is 11.8 Å². The summed E-state index contributed by atoms with van der Waals surface area (Å²) in [6.45, 7) is 2.82. The first-order valence-electron chi connectivity index (χ1n) is 7.47. The molecule has 0 atom stereocenters. The third-order valence-corrected chi connectivity index (χ3v) is 3.60. The quantitative estimate of drug-likeness (QED) is 0.785. The van der Waals surface area contributed by atoms with Crippen molar-refractivity contribution in [2.45, 2.75) is 13.5 Å². The van der Waals surface area contributed by atoms with Gasteiger partial charge in [0.15, 0.2) is 0 Å². The Kier molecular flexibility index (Phi) is 4.23. The number of nitrogens with one attached hydrogen (secondary N) is 1. The zero-order valence-corrected chi connectivity index (χ0v) is 13.6. The first kappa shape index (κ1) is 15.0. The van der Waals surface area contributed by atoms with Crippen molar-refractivity contribution in [2.24, 2.45) is 0 Å². The summed E-state index contributed by atoms with van der Waals surface area (Å²) in [5.74, 6) is 1.51. The molecule has 2 heterocycles. The number of benzene rings is 1. The molecule has 3 rings (SSSR count). The van der Waals surface area contributed by atoms with Crippen molar-refractivity contribution < 1.29 is 0 Å². The van der Waals surface area contributed by atoms with E-state index in [4.69, 9.17) is 0 Å². The van der Waals surface area contributed by atoms with E-state index in [0.29, 0.717) is 5.95 Å². The van der Waals surface area contributed by atoms with E-state index in [9.17, 15) is 0 Å². The van der Waals surface area contributed by atoms with E-state index in [1.165, 1.54) is 11.1 Å². The molecule has 1 N–H and O–H groups in total. The summed E-state index contributed by atoms with van der Waals surface area (Å²) in [7, 11) is 3.86. The van der Waals surface area contributed by atoms with Gasteiger partial charge in [0, 0.05) is 39.2 Å². The Bertz CT molecular complexity index is 780. The van der Waals surface area contributed by atoms with Crippen molar-refractivity contribution in [3.05, 3.63) is 60.0 Å². The average molecular weight is 308 g/mol. The lowest BCUT2D eigenvalue weighted by molar-refractivity contribution is 0.877. The topological polar surface area (TPSA) is 58.9 Å². The van der Waals surface area contributed by atoms with Crippen LogP contribution >= 0.6 is 0 Å². The Balaban J connectivity index is 1.72. The molecule has 23 heavy (non-hydrogen) atoms. The van der Waals surface area contributed by atoms with E-state index < -0.39 is 0 Å². The fraction of sp³-hybridized carbons (Fsp3) is 0.235. The second-order valence-corrected chi connectivity index (χ2v) is 5.55. The largest absolute Gasteiger partial charge is 0.366 e. The lowest BCUT2D eigenvalue weighted by Gasteiger charge is -2.13. The highest BCUT2D eigenvalue weighted by molar-refractivity contribution is 5.44. The van der Waals surface area contributed by atoms with Crippen molar-refractivity contribution in [1.29, 1.82) is 0 Å². The fourth-order valence-corrected chi connectivity index (χ4v) is 2.29. The van der Waals surface area contributed by atoms with Gasteiger partial charge in [-0.2, -0.15) is 10.1 Å². The van der Waals surface area contributed by atoms with Crippen LogP contribution in [0.2, 0.25) is 0 Å². The molecular formula is C17H20N6. The highest BCUT2D eigenvalue weighted by Gasteiger charge is 2.04. The van der Waals surface area contributed by atoms with Gasteiger partial charge in [-0.1, -0.05) is 6.07 Å². The zero-order valence-electron chi connectivity index (χ0n) is 13.6. The second kappa shape index (κ2) is 6.48. The summed E-state index contributed by atoms with van der Waals surface area (Å²) in [6, 6.07) is 10.1. The predicted octanol–water partition coefficient (Wildman–Crippen LogP) is 2.65. The van der Waals surface area contributed by atoms with Crippen LogP contribution in [0.5, 0.6) is 0 Å². The Morgan fingerprint density at radius 1 is 1.17 bits per heavy atom. The number of aryl methyl sites for hydroxylation is 1. The fourth-order valence-electron chi connectivity index (χ4n) is 2.29. The molecule has 0 fully saturated rings. The van der Waals surface area contributed by atoms with E-state index >= 15 is 0 Å². The standard InChI is InChI=1S/C17H20N6/c1-13-11-15(23-10-4-8-20-23)6-5-14(13)12-19-16-7-9-18-17(21-16)22(2)3/h4-11H,12H2,1-3H3,(H,18,19,21).